The molecule has 3 nitrogen and oxygen atoms in total. The molecule has 0 spiro atoms. The van der Waals surface area contributed by atoms with Crippen LogP contribution in [0.2, 0.25) is 0 Å². The van der Waals surface area contributed by atoms with Crippen molar-refractivity contribution in [2.75, 3.05) is 19.8 Å². The summed E-state index contributed by atoms with van der Waals surface area (Å²) in [6.07, 6.45) is 5.71. The van der Waals surface area contributed by atoms with Crippen LogP contribution in [0.3, 0.4) is 0 Å². The van der Waals surface area contributed by atoms with Gasteiger partial charge in [-0.2, -0.15) is 0 Å². The van der Waals surface area contributed by atoms with Crippen molar-refractivity contribution in [1.29, 1.82) is 0 Å². The number of hydrogen-bond donors (Lipinski definition) is 0. The molecular formula is C11H20O3. The Balaban J connectivity index is 0.000000280. The Morgan fingerprint density at radius 1 is 1.50 bits per heavy atom. The normalized spacial score (nSPS) is 14.1. The van der Waals surface area contributed by atoms with Crippen molar-refractivity contribution in [2.45, 2.75) is 32.6 Å². The monoisotopic (exact) mass is 200 g/mol. The van der Waals surface area contributed by atoms with Gasteiger partial charge in [-0.25, -0.2) is 4.79 Å². The second kappa shape index (κ2) is 10.3. The van der Waals surface area contributed by atoms with Gasteiger partial charge in [-0.15, -0.1) is 0 Å². The van der Waals surface area contributed by atoms with E-state index in [1.807, 2.05) is 6.92 Å². The van der Waals surface area contributed by atoms with Crippen LogP contribution in [0.1, 0.15) is 32.6 Å². The summed E-state index contributed by atoms with van der Waals surface area (Å²) >= 11 is 0. The highest BCUT2D eigenvalue weighted by molar-refractivity contribution is 5.81. The Morgan fingerprint density at radius 2 is 2.14 bits per heavy atom. The number of hydrogen-bond acceptors (Lipinski definition) is 3. The molecule has 0 atom stereocenters. The molecule has 1 fully saturated rings. The standard InChI is InChI=1S/C7H12O2.C4H8O/c1-3-5-6-9-7(8)4-2;1-2-4-5-3-1/h4H,2-3,5-6H2,1H3;1-4H2. The number of esters is 1. The van der Waals surface area contributed by atoms with E-state index in [4.69, 9.17) is 4.74 Å². The third kappa shape index (κ3) is 9.26. The fourth-order valence-electron chi connectivity index (χ4n) is 0.886. The highest BCUT2D eigenvalue weighted by Gasteiger charge is 1.94. The zero-order chi connectivity index (χ0) is 10.6. The number of carbonyl (C=O) groups excluding carboxylic acids is 1. The molecule has 82 valence electrons. The lowest BCUT2D eigenvalue weighted by Crippen LogP contribution is -2.00. The molecule has 14 heavy (non-hydrogen) atoms. The van der Waals surface area contributed by atoms with Crippen LogP contribution in [0.25, 0.3) is 0 Å². The average Bonchev–Trinajstić information content (AvgIpc) is 2.76. The topological polar surface area (TPSA) is 35.5 Å². The first-order valence-electron chi connectivity index (χ1n) is 5.18. The highest BCUT2D eigenvalue weighted by Crippen LogP contribution is 1.98. The molecule has 1 saturated heterocycles. The van der Waals surface area contributed by atoms with E-state index in [-0.39, 0.29) is 5.97 Å². The Bertz CT molecular complexity index is 143. The van der Waals surface area contributed by atoms with E-state index in [1.54, 1.807) is 0 Å². The second-order valence-corrected chi connectivity index (χ2v) is 3.04. The van der Waals surface area contributed by atoms with E-state index in [0.717, 1.165) is 26.1 Å². The Morgan fingerprint density at radius 3 is 2.50 bits per heavy atom. The van der Waals surface area contributed by atoms with Gasteiger partial charge in [-0.05, 0) is 19.3 Å². The molecule has 0 radical (unpaired) electrons. The maximum atomic E-state index is 10.3. The van der Waals surface area contributed by atoms with Crippen LogP contribution in [0.15, 0.2) is 12.7 Å². The maximum Gasteiger partial charge on any atom is 0.330 e. The first kappa shape index (κ1) is 13.2. The van der Waals surface area contributed by atoms with Crippen LogP contribution in [0, 0.1) is 0 Å². The first-order chi connectivity index (χ1) is 6.81. The molecule has 1 heterocycles. The second-order valence-electron chi connectivity index (χ2n) is 3.04. The summed E-state index contributed by atoms with van der Waals surface area (Å²) in [5.74, 6) is -0.330. The van der Waals surface area contributed by atoms with E-state index in [1.165, 1.54) is 18.9 Å². The number of unbranched alkanes of at least 4 members (excludes halogenated alkanes) is 1. The van der Waals surface area contributed by atoms with E-state index < -0.39 is 0 Å². The number of rotatable bonds is 4. The lowest BCUT2D eigenvalue weighted by molar-refractivity contribution is -0.137. The molecule has 0 aromatic carbocycles. The molecule has 1 aliphatic heterocycles. The smallest absolute Gasteiger partial charge is 0.330 e. The van der Waals surface area contributed by atoms with Crippen LogP contribution < -0.4 is 0 Å². The van der Waals surface area contributed by atoms with Crippen LogP contribution >= 0.6 is 0 Å². The summed E-state index contributed by atoms with van der Waals surface area (Å²) < 4.78 is 9.62. The summed E-state index contributed by atoms with van der Waals surface area (Å²) in [6.45, 7) is 7.82. The third-order valence-corrected chi connectivity index (χ3v) is 1.74. The van der Waals surface area contributed by atoms with Gasteiger partial charge in [-0.3, -0.25) is 0 Å². The lowest BCUT2D eigenvalue weighted by Gasteiger charge is -1.97. The van der Waals surface area contributed by atoms with Gasteiger partial charge in [0.25, 0.3) is 0 Å². The Kier molecular flexibility index (Phi) is 9.64. The summed E-state index contributed by atoms with van der Waals surface area (Å²) in [6, 6.07) is 0. The lowest BCUT2D eigenvalue weighted by atomic mass is 10.4. The predicted octanol–water partition coefficient (Wildman–Crippen LogP) is 2.31. The molecule has 0 aromatic rings. The van der Waals surface area contributed by atoms with Gasteiger partial charge in [0.1, 0.15) is 0 Å². The quantitative estimate of drug-likeness (QED) is 0.397. The van der Waals surface area contributed by atoms with Crippen LogP contribution in [-0.4, -0.2) is 25.8 Å². The predicted molar refractivity (Wildman–Crippen MR) is 56.1 cm³/mol. The van der Waals surface area contributed by atoms with Crippen molar-refractivity contribution in [3.05, 3.63) is 12.7 Å². The number of ether oxygens (including phenoxy) is 2. The molecule has 1 aliphatic rings. The zero-order valence-corrected chi connectivity index (χ0v) is 8.96. The van der Waals surface area contributed by atoms with Crippen molar-refractivity contribution >= 4 is 5.97 Å². The maximum absolute atomic E-state index is 10.3. The van der Waals surface area contributed by atoms with Crippen LogP contribution in [0.4, 0.5) is 0 Å². The van der Waals surface area contributed by atoms with Gasteiger partial charge in [-0.1, -0.05) is 19.9 Å². The molecule has 0 aliphatic carbocycles. The number of carbonyl (C=O) groups is 1. The van der Waals surface area contributed by atoms with Crippen molar-refractivity contribution in [3.63, 3.8) is 0 Å². The van der Waals surface area contributed by atoms with Crippen LogP contribution in [0.5, 0.6) is 0 Å². The Labute approximate surface area is 86.1 Å². The van der Waals surface area contributed by atoms with Crippen molar-refractivity contribution < 1.29 is 14.3 Å². The zero-order valence-electron chi connectivity index (χ0n) is 8.96. The summed E-state index contributed by atoms with van der Waals surface area (Å²) in [5.41, 5.74) is 0. The molecular weight excluding hydrogens is 180 g/mol. The molecule has 0 bridgehead atoms. The van der Waals surface area contributed by atoms with Crippen molar-refractivity contribution in [3.8, 4) is 0 Å². The first-order valence-corrected chi connectivity index (χ1v) is 5.18. The Hall–Kier alpha value is -0.830. The summed E-state index contributed by atoms with van der Waals surface area (Å²) in [5, 5.41) is 0. The van der Waals surface area contributed by atoms with Gasteiger partial charge < -0.3 is 9.47 Å². The van der Waals surface area contributed by atoms with E-state index in [2.05, 4.69) is 11.3 Å². The van der Waals surface area contributed by atoms with Crippen molar-refractivity contribution in [2.24, 2.45) is 0 Å². The molecule has 0 amide bonds. The molecule has 3 heteroatoms. The minimum Gasteiger partial charge on any atom is -0.463 e. The minimum atomic E-state index is -0.330. The van der Waals surface area contributed by atoms with E-state index in [9.17, 15) is 4.79 Å². The fraction of sp³-hybridized carbons (Fsp3) is 0.727. The molecule has 0 unspecified atom stereocenters. The molecule has 0 aromatic heterocycles. The third-order valence-electron chi connectivity index (χ3n) is 1.74. The SMILES string of the molecule is C1CCOC1.C=CC(=O)OCCCC. The summed E-state index contributed by atoms with van der Waals surface area (Å²) in [4.78, 5) is 10.3. The molecule has 0 N–H and O–H groups in total. The van der Waals surface area contributed by atoms with E-state index >= 15 is 0 Å². The van der Waals surface area contributed by atoms with Gasteiger partial charge >= 0.3 is 5.97 Å². The van der Waals surface area contributed by atoms with Gasteiger partial charge in [0.15, 0.2) is 0 Å². The van der Waals surface area contributed by atoms with Crippen LogP contribution in [-0.2, 0) is 14.3 Å². The van der Waals surface area contributed by atoms with E-state index in [0.29, 0.717) is 6.61 Å². The van der Waals surface area contributed by atoms with Crippen molar-refractivity contribution in [1.82, 2.24) is 0 Å². The largest absolute Gasteiger partial charge is 0.463 e. The van der Waals surface area contributed by atoms with Gasteiger partial charge in [0.05, 0.1) is 6.61 Å². The molecule has 1 rings (SSSR count). The summed E-state index contributed by atoms with van der Waals surface area (Å²) in [7, 11) is 0. The van der Waals surface area contributed by atoms with Gasteiger partial charge in [0.2, 0.25) is 0 Å². The highest BCUT2D eigenvalue weighted by atomic mass is 16.5. The minimum absolute atomic E-state index is 0.330. The molecule has 0 saturated carbocycles. The van der Waals surface area contributed by atoms with Gasteiger partial charge in [0, 0.05) is 19.3 Å². The fourth-order valence-corrected chi connectivity index (χ4v) is 0.886. The average molecular weight is 200 g/mol.